The van der Waals surface area contributed by atoms with E-state index in [0.717, 1.165) is 22.9 Å². The standard InChI is InChI=1S/C10H13Br2NO.ClH/c1-2-3-9(13)7-4-6(11)5-8(12)10(7)14;/h4-5,9,14H,2-3,13H2,1H3;1H/t9-;/m0./s1. The van der Waals surface area contributed by atoms with Crippen LogP contribution in [0.5, 0.6) is 5.75 Å². The van der Waals surface area contributed by atoms with Gasteiger partial charge in [0.15, 0.2) is 0 Å². The van der Waals surface area contributed by atoms with Crippen LogP contribution in [0.3, 0.4) is 0 Å². The van der Waals surface area contributed by atoms with Gasteiger partial charge in [0, 0.05) is 16.1 Å². The van der Waals surface area contributed by atoms with Crippen molar-refractivity contribution in [3.05, 3.63) is 26.6 Å². The van der Waals surface area contributed by atoms with E-state index in [2.05, 4.69) is 38.8 Å². The molecule has 0 aliphatic rings. The van der Waals surface area contributed by atoms with Gasteiger partial charge in [0.25, 0.3) is 0 Å². The van der Waals surface area contributed by atoms with Crippen LogP contribution in [0.15, 0.2) is 21.1 Å². The van der Waals surface area contributed by atoms with E-state index in [1.807, 2.05) is 6.07 Å². The summed E-state index contributed by atoms with van der Waals surface area (Å²) in [6.07, 6.45) is 1.88. The van der Waals surface area contributed by atoms with Crippen molar-refractivity contribution in [2.75, 3.05) is 0 Å². The molecule has 0 unspecified atom stereocenters. The minimum Gasteiger partial charge on any atom is -0.506 e. The second-order valence-corrected chi connectivity index (χ2v) is 4.99. The highest BCUT2D eigenvalue weighted by Gasteiger charge is 2.13. The third-order valence-electron chi connectivity index (χ3n) is 2.06. The van der Waals surface area contributed by atoms with E-state index in [-0.39, 0.29) is 24.2 Å². The molecule has 0 heterocycles. The summed E-state index contributed by atoms with van der Waals surface area (Å²) in [4.78, 5) is 0. The molecule has 0 amide bonds. The Labute approximate surface area is 113 Å². The Balaban J connectivity index is 0.00000196. The van der Waals surface area contributed by atoms with Crippen LogP contribution in [-0.2, 0) is 0 Å². The van der Waals surface area contributed by atoms with Crippen LogP contribution in [0.2, 0.25) is 0 Å². The first-order chi connectivity index (χ1) is 6.56. The molecule has 0 fully saturated rings. The van der Waals surface area contributed by atoms with Gasteiger partial charge >= 0.3 is 0 Å². The Morgan fingerprint density at radius 2 is 2.00 bits per heavy atom. The van der Waals surface area contributed by atoms with Crippen molar-refractivity contribution in [1.82, 2.24) is 0 Å². The number of nitrogens with two attached hydrogens (primary N) is 1. The summed E-state index contributed by atoms with van der Waals surface area (Å²) in [5.74, 6) is 0.245. The van der Waals surface area contributed by atoms with Gasteiger partial charge in [-0.05, 0) is 34.5 Å². The largest absolute Gasteiger partial charge is 0.506 e. The monoisotopic (exact) mass is 357 g/mol. The van der Waals surface area contributed by atoms with E-state index in [0.29, 0.717) is 4.47 Å². The molecule has 1 aromatic rings. The molecule has 1 atom stereocenters. The summed E-state index contributed by atoms with van der Waals surface area (Å²) < 4.78 is 1.59. The number of hydrogen-bond acceptors (Lipinski definition) is 2. The molecule has 1 rings (SSSR count). The van der Waals surface area contributed by atoms with E-state index in [4.69, 9.17) is 5.73 Å². The van der Waals surface area contributed by atoms with Gasteiger partial charge in [-0.15, -0.1) is 12.4 Å². The van der Waals surface area contributed by atoms with Gasteiger partial charge in [-0.2, -0.15) is 0 Å². The Bertz CT molecular complexity index is 333. The predicted octanol–water partition coefficient (Wildman–Crippen LogP) is 4.14. The van der Waals surface area contributed by atoms with Crippen molar-refractivity contribution >= 4 is 44.3 Å². The first-order valence-electron chi connectivity index (χ1n) is 4.49. The van der Waals surface area contributed by atoms with Crippen LogP contribution >= 0.6 is 44.3 Å². The molecule has 15 heavy (non-hydrogen) atoms. The summed E-state index contributed by atoms with van der Waals surface area (Å²) in [7, 11) is 0. The molecule has 0 aliphatic heterocycles. The molecule has 2 nitrogen and oxygen atoms in total. The van der Waals surface area contributed by atoms with Gasteiger partial charge in [0.1, 0.15) is 5.75 Å². The SMILES string of the molecule is CCC[C@H](N)c1cc(Br)cc(Br)c1O.Cl. The Kier molecular flexibility index (Phi) is 6.84. The van der Waals surface area contributed by atoms with Gasteiger partial charge < -0.3 is 10.8 Å². The van der Waals surface area contributed by atoms with Crippen LogP contribution in [0.1, 0.15) is 31.4 Å². The molecular weight excluding hydrogens is 345 g/mol. The second kappa shape index (κ2) is 6.74. The van der Waals surface area contributed by atoms with Crippen molar-refractivity contribution in [1.29, 1.82) is 0 Å². The lowest BCUT2D eigenvalue weighted by Gasteiger charge is -2.14. The maximum atomic E-state index is 9.77. The lowest BCUT2D eigenvalue weighted by molar-refractivity contribution is 0.454. The number of hydrogen-bond donors (Lipinski definition) is 2. The average Bonchev–Trinajstić information content (AvgIpc) is 2.11. The normalized spacial score (nSPS) is 12.0. The van der Waals surface area contributed by atoms with Gasteiger partial charge in [-0.3, -0.25) is 0 Å². The molecule has 0 radical (unpaired) electrons. The zero-order valence-electron chi connectivity index (χ0n) is 8.34. The molecule has 5 heteroatoms. The highest BCUT2D eigenvalue weighted by atomic mass is 79.9. The number of aromatic hydroxyl groups is 1. The van der Waals surface area contributed by atoms with Crippen LogP contribution in [0.4, 0.5) is 0 Å². The van der Waals surface area contributed by atoms with Crippen molar-refractivity contribution in [2.24, 2.45) is 5.73 Å². The maximum Gasteiger partial charge on any atom is 0.134 e. The molecular formula is C10H14Br2ClNO. The van der Waals surface area contributed by atoms with Crippen LogP contribution in [0.25, 0.3) is 0 Å². The zero-order chi connectivity index (χ0) is 10.7. The molecule has 3 N–H and O–H groups in total. The Hall–Kier alpha value is 0.230. The van der Waals surface area contributed by atoms with E-state index < -0.39 is 0 Å². The zero-order valence-corrected chi connectivity index (χ0v) is 12.3. The maximum absolute atomic E-state index is 9.77. The topological polar surface area (TPSA) is 46.2 Å². The fraction of sp³-hybridized carbons (Fsp3) is 0.400. The van der Waals surface area contributed by atoms with Crippen molar-refractivity contribution in [3.63, 3.8) is 0 Å². The lowest BCUT2D eigenvalue weighted by atomic mass is 10.0. The summed E-state index contributed by atoms with van der Waals surface area (Å²) in [6.45, 7) is 2.07. The number of benzene rings is 1. The van der Waals surface area contributed by atoms with Crippen LogP contribution in [-0.4, -0.2) is 5.11 Å². The molecule has 0 aliphatic carbocycles. The molecule has 0 aromatic heterocycles. The Morgan fingerprint density at radius 3 is 2.53 bits per heavy atom. The van der Waals surface area contributed by atoms with Gasteiger partial charge in [0.05, 0.1) is 4.47 Å². The summed E-state index contributed by atoms with van der Waals surface area (Å²) >= 11 is 6.65. The number of phenolic OH excluding ortho intramolecular Hbond substituents is 1. The number of phenols is 1. The van der Waals surface area contributed by atoms with Gasteiger partial charge in [-0.1, -0.05) is 29.3 Å². The molecule has 0 bridgehead atoms. The molecule has 0 saturated carbocycles. The average molecular weight is 359 g/mol. The molecule has 86 valence electrons. The minimum atomic E-state index is -0.103. The van der Waals surface area contributed by atoms with Gasteiger partial charge in [-0.25, -0.2) is 0 Å². The van der Waals surface area contributed by atoms with E-state index in [9.17, 15) is 5.11 Å². The summed E-state index contributed by atoms with van der Waals surface area (Å²) in [5.41, 5.74) is 6.73. The van der Waals surface area contributed by atoms with Crippen LogP contribution < -0.4 is 5.73 Å². The van der Waals surface area contributed by atoms with Crippen molar-refractivity contribution < 1.29 is 5.11 Å². The highest BCUT2D eigenvalue weighted by Crippen LogP contribution is 2.35. The fourth-order valence-electron chi connectivity index (χ4n) is 1.34. The predicted molar refractivity (Wildman–Crippen MR) is 72.6 cm³/mol. The van der Waals surface area contributed by atoms with Gasteiger partial charge in [0.2, 0.25) is 0 Å². The Morgan fingerprint density at radius 1 is 1.40 bits per heavy atom. The van der Waals surface area contributed by atoms with Crippen molar-refractivity contribution in [2.45, 2.75) is 25.8 Å². The van der Waals surface area contributed by atoms with E-state index in [1.165, 1.54) is 0 Å². The van der Waals surface area contributed by atoms with E-state index >= 15 is 0 Å². The third kappa shape index (κ3) is 3.94. The third-order valence-corrected chi connectivity index (χ3v) is 3.12. The quantitative estimate of drug-likeness (QED) is 0.852. The fourth-order valence-corrected chi connectivity index (χ4v) is 2.59. The minimum absolute atomic E-state index is 0. The number of rotatable bonds is 3. The summed E-state index contributed by atoms with van der Waals surface area (Å²) in [5, 5.41) is 9.77. The number of halogens is 3. The van der Waals surface area contributed by atoms with Crippen molar-refractivity contribution in [3.8, 4) is 5.75 Å². The molecule has 0 spiro atoms. The van der Waals surface area contributed by atoms with E-state index in [1.54, 1.807) is 6.07 Å². The first-order valence-corrected chi connectivity index (χ1v) is 6.08. The van der Waals surface area contributed by atoms with Crippen LogP contribution in [0, 0.1) is 0 Å². The molecule has 0 saturated heterocycles. The second-order valence-electron chi connectivity index (χ2n) is 3.22. The molecule has 1 aromatic carbocycles. The lowest BCUT2D eigenvalue weighted by Crippen LogP contribution is -2.10. The smallest absolute Gasteiger partial charge is 0.134 e. The first kappa shape index (κ1) is 15.2. The summed E-state index contributed by atoms with van der Waals surface area (Å²) in [6, 6.07) is 3.56. The highest BCUT2D eigenvalue weighted by molar-refractivity contribution is 9.11.